The highest BCUT2D eigenvalue weighted by atomic mass is 79.9. The van der Waals surface area contributed by atoms with Gasteiger partial charge in [0.2, 0.25) is 5.75 Å². The number of halogens is 1. The summed E-state index contributed by atoms with van der Waals surface area (Å²) in [6, 6.07) is 10.1. The van der Waals surface area contributed by atoms with Crippen molar-refractivity contribution in [1.82, 2.24) is 0 Å². The first-order chi connectivity index (χ1) is 9.88. The first-order valence-electron chi connectivity index (χ1n) is 6.36. The van der Waals surface area contributed by atoms with Gasteiger partial charge in [0.1, 0.15) is 5.75 Å². The van der Waals surface area contributed by atoms with Gasteiger partial charge in [0.05, 0.1) is 4.92 Å². The fourth-order valence-electron chi connectivity index (χ4n) is 1.92. The van der Waals surface area contributed by atoms with E-state index >= 15 is 0 Å². The molecule has 0 spiro atoms. The maximum absolute atomic E-state index is 11.1. The Kier molecular flexibility index (Phi) is 4.59. The van der Waals surface area contributed by atoms with E-state index in [1.807, 2.05) is 13.0 Å². The molecule has 0 saturated heterocycles. The molecule has 2 aromatic carbocycles. The van der Waals surface area contributed by atoms with E-state index in [9.17, 15) is 10.1 Å². The molecule has 0 aliphatic rings. The Balaban J connectivity index is 2.35. The van der Waals surface area contributed by atoms with Crippen molar-refractivity contribution in [3.05, 3.63) is 62.1 Å². The van der Waals surface area contributed by atoms with E-state index in [2.05, 4.69) is 15.9 Å². The van der Waals surface area contributed by atoms with Crippen LogP contribution in [0.25, 0.3) is 0 Å². The van der Waals surface area contributed by atoms with Crippen molar-refractivity contribution in [2.24, 2.45) is 5.73 Å². The van der Waals surface area contributed by atoms with Gasteiger partial charge in [-0.2, -0.15) is 0 Å². The number of nitro groups is 1. The average Bonchev–Trinajstić information content (AvgIpc) is 2.40. The molecule has 0 aliphatic heterocycles. The Bertz CT molecular complexity index is 687. The lowest BCUT2D eigenvalue weighted by Gasteiger charge is -2.11. The van der Waals surface area contributed by atoms with Crippen molar-refractivity contribution in [3.8, 4) is 11.5 Å². The molecule has 0 heterocycles. The van der Waals surface area contributed by atoms with E-state index in [1.54, 1.807) is 31.2 Å². The van der Waals surface area contributed by atoms with Gasteiger partial charge >= 0.3 is 5.69 Å². The first-order valence-corrected chi connectivity index (χ1v) is 7.15. The van der Waals surface area contributed by atoms with E-state index in [1.165, 1.54) is 6.07 Å². The second-order valence-corrected chi connectivity index (χ2v) is 5.66. The van der Waals surface area contributed by atoms with Crippen LogP contribution in [0.4, 0.5) is 5.69 Å². The van der Waals surface area contributed by atoms with Crippen molar-refractivity contribution >= 4 is 21.6 Å². The summed E-state index contributed by atoms with van der Waals surface area (Å²) < 4.78 is 6.44. The van der Waals surface area contributed by atoms with Gasteiger partial charge < -0.3 is 10.5 Å². The quantitative estimate of drug-likeness (QED) is 0.651. The zero-order valence-electron chi connectivity index (χ0n) is 11.7. The second kappa shape index (κ2) is 6.24. The van der Waals surface area contributed by atoms with E-state index < -0.39 is 4.92 Å². The molecule has 0 amide bonds. The van der Waals surface area contributed by atoms with Crippen molar-refractivity contribution in [2.75, 3.05) is 0 Å². The molecule has 0 fully saturated rings. The van der Waals surface area contributed by atoms with Crippen LogP contribution in [0.15, 0.2) is 40.9 Å². The van der Waals surface area contributed by atoms with Gasteiger partial charge in [-0.25, -0.2) is 0 Å². The highest BCUT2D eigenvalue weighted by Gasteiger charge is 2.16. The van der Waals surface area contributed by atoms with Crippen molar-refractivity contribution in [1.29, 1.82) is 0 Å². The van der Waals surface area contributed by atoms with E-state index in [0.29, 0.717) is 5.75 Å². The molecule has 0 radical (unpaired) electrons. The number of nitrogens with zero attached hydrogens (tertiary/aromatic N) is 1. The molecule has 110 valence electrons. The van der Waals surface area contributed by atoms with Crippen molar-refractivity contribution in [3.63, 3.8) is 0 Å². The van der Waals surface area contributed by atoms with Crippen LogP contribution in [0.3, 0.4) is 0 Å². The number of nitrogens with two attached hydrogens (primary N) is 1. The standard InChI is InChI=1S/C15H15BrN2O3/c1-9-3-6-15(14(7-9)18(19)20)21-11-4-5-12(10(2)17)13(16)8-11/h3-8,10H,17H2,1-2H3/t10-/m0/s1. The molecule has 0 aliphatic carbocycles. The Hall–Kier alpha value is -1.92. The zero-order chi connectivity index (χ0) is 15.6. The predicted molar refractivity (Wildman–Crippen MR) is 84.7 cm³/mol. The number of rotatable bonds is 4. The van der Waals surface area contributed by atoms with Crippen LogP contribution in [0, 0.1) is 17.0 Å². The molecular weight excluding hydrogens is 336 g/mol. The van der Waals surface area contributed by atoms with Gasteiger partial charge in [-0.15, -0.1) is 0 Å². The van der Waals surface area contributed by atoms with Gasteiger partial charge in [0.15, 0.2) is 0 Å². The highest BCUT2D eigenvalue weighted by molar-refractivity contribution is 9.10. The Morgan fingerprint density at radius 1 is 1.29 bits per heavy atom. The fourth-order valence-corrected chi connectivity index (χ4v) is 2.64. The third-order valence-electron chi connectivity index (χ3n) is 3.00. The molecule has 0 bridgehead atoms. The predicted octanol–water partition coefficient (Wildman–Crippen LogP) is 4.48. The summed E-state index contributed by atoms with van der Waals surface area (Å²) in [5.41, 5.74) is 7.54. The molecule has 2 N–H and O–H groups in total. The van der Waals surface area contributed by atoms with Crippen LogP contribution >= 0.6 is 15.9 Å². The number of ether oxygens (including phenoxy) is 1. The molecule has 0 aromatic heterocycles. The van der Waals surface area contributed by atoms with E-state index in [4.69, 9.17) is 10.5 Å². The maximum Gasteiger partial charge on any atom is 0.311 e. The van der Waals surface area contributed by atoms with Crippen LogP contribution in [-0.4, -0.2) is 4.92 Å². The third-order valence-corrected chi connectivity index (χ3v) is 3.69. The summed E-state index contributed by atoms with van der Waals surface area (Å²) in [4.78, 5) is 10.6. The molecule has 0 saturated carbocycles. The molecule has 1 atom stereocenters. The molecule has 5 nitrogen and oxygen atoms in total. The Labute approximate surface area is 131 Å². The van der Waals surface area contributed by atoms with Crippen molar-refractivity contribution < 1.29 is 9.66 Å². The van der Waals surface area contributed by atoms with E-state index in [-0.39, 0.29) is 17.5 Å². The number of benzene rings is 2. The zero-order valence-corrected chi connectivity index (χ0v) is 13.3. The van der Waals surface area contributed by atoms with Crippen LogP contribution < -0.4 is 10.5 Å². The summed E-state index contributed by atoms with van der Waals surface area (Å²) in [6.07, 6.45) is 0. The third kappa shape index (κ3) is 3.59. The number of hydrogen-bond acceptors (Lipinski definition) is 4. The molecule has 6 heteroatoms. The van der Waals surface area contributed by atoms with Gasteiger partial charge in [0, 0.05) is 16.6 Å². The summed E-state index contributed by atoms with van der Waals surface area (Å²) in [5.74, 6) is 0.726. The monoisotopic (exact) mass is 350 g/mol. The lowest BCUT2D eigenvalue weighted by Crippen LogP contribution is -2.05. The van der Waals surface area contributed by atoms with Crippen LogP contribution in [0.5, 0.6) is 11.5 Å². The van der Waals surface area contributed by atoms with Gasteiger partial charge in [-0.3, -0.25) is 10.1 Å². The highest BCUT2D eigenvalue weighted by Crippen LogP contribution is 2.34. The average molecular weight is 351 g/mol. The van der Waals surface area contributed by atoms with E-state index in [0.717, 1.165) is 15.6 Å². The van der Waals surface area contributed by atoms with Gasteiger partial charge in [0.25, 0.3) is 0 Å². The number of hydrogen-bond donors (Lipinski definition) is 1. The van der Waals surface area contributed by atoms with Gasteiger partial charge in [-0.05, 0) is 43.2 Å². The number of aryl methyl sites for hydroxylation is 1. The number of nitro benzene ring substituents is 1. The van der Waals surface area contributed by atoms with Crippen LogP contribution in [0.1, 0.15) is 24.1 Å². The fraction of sp³-hybridized carbons (Fsp3) is 0.200. The molecule has 2 rings (SSSR count). The summed E-state index contributed by atoms with van der Waals surface area (Å²) >= 11 is 3.43. The molecular formula is C15H15BrN2O3. The first kappa shape index (κ1) is 15.5. The minimum atomic E-state index is -0.451. The largest absolute Gasteiger partial charge is 0.450 e. The van der Waals surface area contributed by atoms with Gasteiger partial charge in [-0.1, -0.05) is 28.1 Å². The minimum absolute atomic E-state index is 0.0533. The minimum Gasteiger partial charge on any atom is -0.450 e. The molecule has 2 aromatic rings. The van der Waals surface area contributed by atoms with Crippen LogP contribution in [-0.2, 0) is 0 Å². The lowest BCUT2D eigenvalue weighted by molar-refractivity contribution is -0.385. The van der Waals surface area contributed by atoms with Crippen LogP contribution in [0.2, 0.25) is 0 Å². The Morgan fingerprint density at radius 3 is 2.57 bits per heavy atom. The Morgan fingerprint density at radius 2 is 2.00 bits per heavy atom. The smallest absolute Gasteiger partial charge is 0.311 e. The molecule has 21 heavy (non-hydrogen) atoms. The summed E-state index contributed by atoms with van der Waals surface area (Å²) in [6.45, 7) is 3.68. The normalized spacial score (nSPS) is 12.0. The molecule has 0 unspecified atom stereocenters. The maximum atomic E-state index is 11.1. The second-order valence-electron chi connectivity index (χ2n) is 4.80. The SMILES string of the molecule is Cc1ccc(Oc2ccc([C@H](C)N)c(Br)c2)c([N+](=O)[O-])c1. The lowest BCUT2D eigenvalue weighted by atomic mass is 10.1. The topological polar surface area (TPSA) is 78.4 Å². The van der Waals surface area contributed by atoms with Crippen molar-refractivity contribution in [2.45, 2.75) is 19.9 Å². The summed E-state index contributed by atoms with van der Waals surface area (Å²) in [5, 5.41) is 11.1. The summed E-state index contributed by atoms with van der Waals surface area (Å²) in [7, 11) is 0.